The SMILES string of the molecule is O=C(O)c1coc(C(=O)Nc2ccccc2I)c1. The van der Waals surface area contributed by atoms with E-state index in [2.05, 4.69) is 27.9 Å². The molecule has 0 atom stereocenters. The molecule has 6 heteroatoms. The van der Waals surface area contributed by atoms with Crippen molar-refractivity contribution in [1.82, 2.24) is 0 Å². The van der Waals surface area contributed by atoms with Crippen LogP contribution >= 0.6 is 22.6 Å². The summed E-state index contributed by atoms with van der Waals surface area (Å²) in [6, 6.07) is 8.44. The first-order valence-electron chi connectivity index (χ1n) is 4.95. The zero-order valence-corrected chi connectivity index (χ0v) is 11.2. The summed E-state index contributed by atoms with van der Waals surface area (Å²) in [6.07, 6.45) is 1.03. The lowest BCUT2D eigenvalue weighted by molar-refractivity contribution is 0.0696. The van der Waals surface area contributed by atoms with Crippen LogP contribution in [0, 0.1) is 3.57 Å². The zero-order chi connectivity index (χ0) is 13.1. The van der Waals surface area contributed by atoms with Crippen molar-refractivity contribution in [3.8, 4) is 0 Å². The molecule has 1 aromatic heterocycles. The number of aromatic carboxylic acids is 1. The lowest BCUT2D eigenvalue weighted by atomic mass is 10.3. The van der Waals surface area contributed by atoms with Gasteiger partial charge in [0.25, 0.3) is 5.91 Å². The minimum atomic E-state index is -1.13. The summed E-state index contributed by atoms with van der Waals surface area (Å²) < 4.78 is 5.79. The summed E-state index contributed by atoms with van der Waals surface area (Å²) in [7, 11) is 0. The quantitative estimate of drug-likeness (QED) is 0.828. The van der Waals surface area contributed by atoms with E-state index in [1.807, 2.05) is 12.1 Å². The van der Waals surface area contributed by atoms with Gasteiger partial charge in [-0.3, -0.25) is 4.79 Å². The van der Waals surface area contributed by atoms with Crippen molar-refractivity contribution in [1.29, 1.82) is 0 Å². The third-order valence-corrected chi connectivity index (χ3v) is 3.13. The molecular formula is C12H8INO4. The van der Waals surface area contributed by atoms with E-state index in [0.29, 0.717) is 5.69 Å². The van der Waals surface area contributed by atoms with Crippen LogP contribution in [-0.4, -0.2) is 17.0 Å². The van der Waals surface area contributed by atoms with Gasteiger partial charge in [-0.15, -0.1) is 0 Å². The van der Waals surface area contributed by atoms with Gasteiger partial charge in [-0.2, -0.15) is 0 Å². The molecule has 0 radical (unpaired) electrons. The Morgan fingerprint density at radius 1 is 1.28 bits per heavy atom. The van der Waals surface area contributed by atoms with Gasteiger partial charge < -0.3 is 14.8 Å². The number of hydrogen-bond acceptors (Lipinski definition) is 3. The van der Waals surface area contributed by atoms with Crippen molar-refractivity contribution < 1.29 is 19.1 Å². The highest BCUT2D eigenvalue weighted by Crippen LogP contribution is 2.18. The molecule has 0 unspecified atom stereocenters. The number of carbonyl (C=O) groups is 2. The molecular weight excluding hydrogens is 349 g/mol. The lowest BCUT2D eigenvalue weighted by Gasteiger charge is -2.04. The van der Waals surface area contributed by atoms with Crippen molar-refractivity contribution in [2.24, 2.45) is 0 Å². The van der Waals surface area contributed by atoms with Crippen LogP contribution in [0.2, 0.25) is 0 Å². The Morgan fingerprint density at radius 2 is 2.00 bits per heavy atom. The summed E-state index contributed by atoms with van der Waals surface area (Å²) >= 11 is 2.09. The molecule has 0 saturated heterocycles. The number of carboxylic acids is 1. The van der Waals surface area contributed by atoms with E-state index in [4.69, 9.17) is 9.52 Å². The Labute approximate surface area is 116 Å². The van der Waals surface area contributed by atoms with E-state index in [1.54, 1.807) is 12.1 Å². The van der Waals surface area contributed by atoms with Gasteiger partial charge in [0.1, 0.15) is 6.26 Å². The molecule has 0 aliphatic heterocycles. The number of carbonyl (C=O) groups excluding carboxylic acids is 1. The fraction of sp³-hybridized carbons (Fsp3) is 0. The molecule has 1 heterocycles. The molecule has 18 heavy (non-hydrogen) atoms. The van der Waals surface area contributed by atoms with E-state index < -0.39 is 11.9 Å². The van der Waals surface area contributed by atoms with Gasteiger partial charge in [-0.25, -0.2) is 4.79 Å². The number of furan rings is 1. The number of carboxylic acid groups (broad SMARTS) is 1. The number of hydrogen-bond donors (Lipinski definition) is 2. The standard InChI is InChI=1S/C12H8INO4/c13-8-3-1-2-4-9(8)14-11(15)10-5-7(6-18-10)12(16)17/h1-6H,(H,14,15)(H,16,17). The second-order valence-electron chi connectivity index (χ2n) is 3.44. The number of para-hydroxylation sites is 1. The molecule has 0 fully saturated rings. The zero-order valence-electron chi connectivity index (χ0n) is 9.01. The van der Waals surface area contributed by atoms with Crippen LogP contribution < -0.4 is 5.32 Å². The Morgan fingerprint density at radius 3 is 2.61 bits per heavy atom. The minimum Gasteiger partial charge on any atom is -0.478 e. The fourth-order valence-electron chi connectivity index (χ4n) is 1.31. The van der Waals surface area contributed by atoms with Crippen molar-refractivity contribution in [2.75, 3.05) is 5.32 Å². The number of halogens is 1. The van der Waals surface area contributed by atoms with Crippen LogP contribution in [0.25, 0.3) is 0 Å². The highest BCUT2D eigenvalue weighted by molar-refractivity contribution is 14.1. The van der Waals surface area contributed by atoms with Crippen LogP contribution in [0.15, 0.2) is 41.0 Å². The maximum absolute atomic E-state index is 11.8. The van der Waals surface area contributed by atoms with Gasteiger partial charge in [0, 0.05) is 9.64 Å². The van der Waals surface area contributed by atoms with Crippen LogP contribution in [0.4, 0.5) is 5.69 Å². The van der Waals surface area contributed by atoms with Gasteiger partial charge in [0.05, 0.1) is 11.3 Å². The normalized spacial score (nSPS) is 10.1. The smallest absolute Gasteiger partial charge is 0.338 e. The summed E-state index contributed by atoms with van der Waals surface area (Å²) in [4.78, 5) is 22.5. The molecule has 0 aliphatic carbocycles. The predicted octanol–water partition coefficient (Wildman–Crippen LogP) is 2.83. The van der Waals surface area contributed by atoms with Crippen LogP contribution in [0.3, 0.4) is 0 Å². The topological polar surface area (TPSA) is 79.5 Å². The molecule has 2 N–H and O–H groups in total. The van der Waals surface area contributed by atoms with E-state index in [-0.39, 0.29) is 11.3 Å². The highest BCUT2D eigenvalue weighted by Gasteiger charge is 2.15. The van der Waals surface area contributed by atoms with E-state index in [0.717, 1.165) is 9.83 Å². The van der Waals surface area contributed by atoms with Crippen molar-refractivity contribution in [3.05, 3.63) is 51.5 Å². The molecule has 2 aromatic rings. The average molecular weight is 357 g/mol. The maximum atomic E-state index is 11.8. The number of anilines is 1. The molecule has 2 rings (SSSR count). The van der Waals surface area contributed by atoms with Crippen molar-refractivity contribution in [3.63, 3.8) is 0 Å². The van der Waals surface area contributed by atoms with Gasteiger partial charge in [-0.05, 0) is 34.7 Å². The van der Waals surface area contributed by atoms with E-state index in [9.17, 15) is 9.59 Å². The first kappa shape index (κ1) is 12.6. The Kier molecular flexibility index (Phi) is 3.66. The van der Waals surface area contributed by atoms with Gasteiger partial charge in [0.2, 0.25) is 0 Å². The van der Waals surface area contributed by atoms with Crippen LogP contribution in [0.5, 0.6) is 0 Å². The monoisotopic (exact) mass is 357 g/mol. The number of nitrogens with one attached hydrogen (secondary N) is 1. The van der Waals surface area contributed by atoms with Gasteiger partial charge in [-0.1, -0.05) is 12.1 Å². The maximum Gasteiger partial charge on any atom is 0.338 e. The molecule has 5 nitrogen and oxygen atoms in total. The van der Waals surface area contributed by atoms with Gasteiger partial charge >= 0.3 is 5.97 Å². The molecule has 0 aliphatic rings. The Hall–Kier alpha value is -1.83. The number of rotatable bonds is 3. The number of amides is 1. The Balaban J connectivity index is 2.17. The summed E-state index contributed by atoms with van der Waals surface area (Å²) in [5.41, 5.74) is 0.597. The summed E-state index contributed by atoms with van der Waals surface area (Å²) in [5, 5.41) is 11.4. The minimum absolute atomic E-state index is 0.0351. The molecule has 0 spiro atoms. The van der Waals surface area contributed by atoms with Crippen molar-refractivity contribution in [2.45, 2.75) is 0 Å². The average Bonchev–Trinajstić information content (AvgIpc) is 2.81. The van der Waals surface area contributed by atoms with Crippen molar-refractivity contribution >= 4 is 40.2 Å². The van der Waals surface area contributed by atoms with Gasteiger partial charge in [0.15, 0.2) is 5.76 Å². The fourth-order valence-corrected chi connectivity index (χ4v) is 1.84. The molecule has 0 saturated carbocycles. The van der Waals surface area contributed by atoms with Crippen LogP contribution in [-0.2, 0) is 0 Å². The van der Waals surface area contributed by atoms with E-state index >= 15 is 0 Å². The number of benzene rings is 1. The summed E-state index contributed by atoms with van der Waals surface area (Å²) in [6.45, 7) is 0. The Bertz CT molecular complexity index is 606. The molecule has 92 valence electrons. The molecule has 1 amide bonds. The largest absolute Gasteiger partial charge is 0.478 e. The first-order valence-corrected chi connectivity index (χ1v) is 6.03. The summed E-state index contributed by atoms with van der Waals surface area (Å²) in [5.74, 6) is -1.65. The third kappa shape index (κ3) is 2.70. The third-order valence-electron chi connectivity index (χ3n) is 2.19. The van der Waals surface area contributed by atoms with E-state index in [1.165, 1.54) is 6.07 Å². The second-order valence-corrected chi connectivity index (χ2v) is 4.60. The molecule has 1 aromatic carbocycles. The first-order chi connectivity index (χ1) is 8.58. The lowest BCUT2D eigenvalue weighted by Crippen LogP contribution is -2.11. The predicted molar refractivity (Wildman–Crippen MR) is 72.8 cm³/mol. The van der Waals surface area contributed by atoms with Crippen LogP contribution in [0.1, 0.15) is 20.9 Å². The second kappa shape index (κ2) is 5.21. The molecule has 0 bridgehead atoms. The highest BCUT2D eigenvalue weighted by atomic mass is 127.